The molecule has 0 aromatic heterocycles. The zero-order valence-electron chi connectivity index (χ0n) is 42.7. The fraction of sp³-hybridized carbons (Fsp3) is 0.946. The summed E-state index contributed by atoms with van der Waals surface area (Å²) in [5.74, 6) is 1.64. The first-order valence-corrected chi connectivity index (χ1v) is 27.6. The Morgan fingerprint density at radius 3 is 0.694 bits per heavy atom. The van der Waals surface area contributed by atoms with Crippen LogP contribution in [0.3, 0.4) is 0 Å². The van der Waals surface area contributed by atoms with Gasteiger partial charge in [-0.05, 0) is 37.0 Å². The minimum Gasteiger partial charge on any atom is -0.462 e. The molecule has 0 aliphatic rings. The number of hydrogen-bond donors (Lipinski definition) is 0. The molecular formula is C56H108O6. The fourth-order valence-electron chi connectivity index (χ4n) is 8.47. The van der Waals surface area contributed by atoms with Crippen molar-refractivity contribution in [2.75, 3.05) is 13.2 Å². The Morgan fingerprint density at radius 1 is 0.274 bits per heavy atom. The largest absolute Gasteiger partial charge is 0.462 e. The number of carbonyl (C=O) groups excluding carboxylic acids is 3. The van der Waals surface area contributed by atoms with E-state index in [2.05, 4.69) is 41.5 Å². The van der Waals surface area contributed by atoms with Crippen molar-refractivity contribution >= 4 is 17.9 Å². The van der Waals surface area contributed by atoms with Gasteiger partial charge in [-0.3, -0.25) is 14.4 Å². The minimum atomic E-state index is -0.763. The van der Waals surface area contributed by atoms with E-state index in [1.807, 2.05) is 0 Å². The summed E-state index contributed by atoms with van der Waals surface area (Å²) in [5, 5.41) is 0. The van der Waals surface area contributed by atoms with Crippen molar-refractivity contribution in [3.05, 3.63) is 0 Å². The van der Waals surface area contributed by atoms with E-state index in [1.54, 1.807) is 0 Å². The lowest BCUT2D eigenvalue weighted by Gasteiger charge is -2.18. The van der Waals surface area contributed by atoms with Gasteiger partial charge in [0.05, 0.1) is 0 Å². The Hall–Kier alpha value is -1.59. The zero-order valence-corrected chi connectivity index (χ0v) is 42.7. The lowest BCUT2D eigenvalue weighted by Crippen LogP contribution is -2.30. The molecule has 0 unspecified atom stereocenters. The normalized spacial score (nSPS) is 12.1. The van der Waals surface area contributed by atoms with Gasteiger partial charge in [0.15, 0.2) is 6.10 Å². The molecule has 0 radical (unpaired) electrons. The van der Waals surface area contributed by atoms with Crippen LogP contribution in [0.25, 0.3) is 0 Å². The maximum Gasteiger partial charge on any atom is 0.306 e. The van der Waals surface area contributed by atoms with Gasteiger partial charge in [-0.2, -0.15) is 0 Å². The number of hydrogen-bond acceptors (Lipinski definition) is 6. The van der Waals surface area contributed by atoms with Gasteiger partial charge in [0.25, 0.3) is 0 Å². The van der Waals surface area contributed by atoms with E-state index in [4.69, 9.17) is 14.2 Å². The second-order valence-corrected chi connectivity index (χ2v) is 20.6. The topological polar surface area (TPSA) is 78.9 Å². The summed E-state index contributed by atoms with van der Waals surface area (Å²) in [6, 6.07) is 0. The Kier molecular flexibility index (Phi) is 46.2. The lowest BCUT2D eigenvalue weighted by atomic mass is 10.0. The Morgan fingerprint density at radius 2 is 0.468 bits per heavy atom. The zero-order chi connectivity index (χ0) is 45.6. The van der Waals surface area contributed by atoms with Crippen molar-refractivity contribution < 1.29 is 28.6 Å². The van der Waals surface area contributed by atoms with E-state index in [0.29, 0.717) is 19.3 Å². The van der Waals surface area contributed by atoms with Gasteiger partial charge in [-0.15, -0.1) is 0 Å². The van der Waals surface area contributed by atoms with E-state index in [1.165, 1.54) is 186 Å². The lowest BCUT2D eigenvalue weighted by molar-refractivity contribution is -0.167. The van der Waals surface area contributed by atoms with Crippen molar-refractivity contribution in [1.29, 1.82) is 0 Å². The molecule has 0 spiro atoms. The quantitative estimate of drug-likeness (QED) is 0.0344. The molecule has 0 aliphatic carbocycles. The summed E-state index contributed by atoms with van der Waals surface area (Å²) in [7, 11) is 0. The molecular weight excluding hydrogens is 769 g/mol. The first-order chi connectivity index (χ1) is 30.1. The molecule has 6 nitrogen and oxygen atoms in total. The first-order valence-electron chi connectivity index (χ1n) is 27.6. The second-order valence-electron chi connectivity index (χ2n) is 20.6. The molecule has 0 aromatic carbocycles. The maximum atomic E-state index is 12.8. The summed E-state index contributed by atoms with van der Waals surface area (Å²) in [6.07, 6.45) is 48.0. The van der Waals surface area contributed by atoms with Crippen LogP contribution >= 0.6 is 0 Å². The Balaban J connectivity index is 4.32. The van der Waals surface area contributed by atoms with Crippen LogP contribution in [0.4, 0.5) is 0 Å². The molecule has 0 N–H and O–H groups in total. The first kappa shape index (κ1) is 60.4. The monoisotopic (exact) mass is 877 g/mol. The molecule has 0 saturated heterocycles. The third kappa shape index (κ3) is 49.4. The van der Waals surface area contributed by atoms with Gasteiger partial charge < -0.3 is 14.2 Å². The van der Waals surface area contributed by atoms with Gasteiger partial charge in [-0.1, -0.05) is 266 Å². The van der Waals surface area contributed by atoms with Crippen molar-refractivity contribution in [2.45, 2.75) is 311 Å². The van der Waals surface area contributed by atoms with Crippen LogP contribution in [0.5, 0.6) is 0 Å². The molecule has 368 valence electrons. The molecule has 0 rings (SSSR count). The van der Waals surface area contributed by atoms with Crippen molar-refractivity contribution in [2.24, 2.45) is 17.8 Å². The predicted octanol–water partition coefficient (Wildman–Crippen LogP) is 17.9. The highest BCUT2D eigenvalue weighted by atomic mass is 16.6. The van der Waals surface area contributed by atoms with E-state index >= 15 is 0 Å². The van der Waals surface area contributed by atoms with Crippen LogP contribution in [0.2, 0.25) is 0 Å². The standard InChI is InChI=1S/C56H108O6/c1-50(2)42-36-30-24-18-12-8-7-9-15-23-29-35-41-47-56(59)62-53(49-61-55(58)46-40-34-28-22-17-16-20-26-32-38-44-52(5)6)48-60-54(57)45-39-33-27-21-14-11-10-13-19-25-31-37-43-51(3)4/h50-53H,7-49H2,1-6H3/t53-/m0/s1. The highest BCUT2D eigenvalue weighted by Crippen LogP contribution is 2.18. The highest BCUT2D eigenvalue weighted by Gasteiger charge is 2.19. The third-order valence-corrected chi connectivity index (χ3v) is 12.6. The van der Waals surface area contributed by atoms with Crippen molar-refractivity contribution in [3.8, 4) is 0 Å². The van der Waals surface area contributed by atoms with Gasteiger partial charge in [0, 0.05) is 19.3 Å². The van der Waals surface area contributed by atoms with Gasteiger partial charge in [0.1, 0.15) is 13.2 Å². The molecule has 0 fully saturated rings. The third-order valence-electron chi connectivity index (χ3n) is 12.6. The Labute approximate surface area is 387 Å². The summed E-state index contributed by atoms with van der Waals surface area (Å²) in [6.45, 7) is 13.7. The summed E-state index contributed by atoms with van der Waals surface area (Å²) in [5.41, 5.74) is 0. The van der Waals surface area contributed by atoms with Gasteiger partial charge in [0.2, 0.25) is 0 Å². The molecule has 0 aromatic rings. The van der Waals surface area contributed by atoms with Crippen LogP contribution in [0.15, 0.2) is 0 Å². The number of ether oxygens (including phenoxy) is 3. The molecule has 6 heteroatoms. The second kappa shape index (κ2) is 47.4. The number of carbonyl (C=O) groups is 3. The van der Waals surface area contributed by atoms with Gasteiger partial charge in [-0.25, -0.2) is 0 Å². The molecule has 0 aliphatic heterocycles. The van der Waals surface area contributed by atoms with E-state index in [9.17, 15) is 14.4 Å². The average molecular weight is 877 g/mol. The molecule has 62 heavy (non-hydrogen) atoms. The van der Waals surface area contributed by atoms with Crippen LogP contribution < -0.4 is 0 Å². The van der Waals surface area contributed by atoms with Crippen LogP contribution in [-0.4, -0.2) is 37.2 Å². The summed E-state index contributed by atoms with van der Waals surface area (Å²) < 4.78 is 16.9. The number of rotatable bonds is 49. The van der Waals surface area contributed by atoms with E-state index < -0.39 is 6.10 Å². The summed E-state index contributed by atoms with van der Waals surface area (Å²) in [4.78, 5) is 38.1. The molecule has 0 amide bonds. The van der Waals surface area contributed by atoms with Crippen molar-refractivity contribution in [3.63, 3.8) is 0 Å². The minimum absolute atomic E-state index is 0.0640. The fourth-order valence-corrected chi connectivity index (χ4v) is 8.47. The average Bonchev–Trinajstić information content (AvgIpc) is 3.23. The number of unbranched alkanes of at least 4 members (excludes halogenated alkanes) is 32. The molecule has 0 bridgehead atoms. The SMILES string of the molecule is CC(C)CCCCCCCCCCCCCCCC(=O)O[C@@H](COC(=O)CCCCCCCCCCCCCCC(C)C)COC(=O)CCCCCCCCCCCCC(C)C. The van der Waals surface area contributed by atoms with Crippen molar-refractivity contribution in [1.82, 2.24) is 0 Å². The predicted molar refractivity (Wildman–Crippen MR) is 266 cm³/mol. The highest BCUT2D eigenvalue weighted by molar-refractivity contribution is 5.71. The van der Waals surface area contributed by atoms with E-state index in [-0.39, 0.29) is 31.1 Å². The molecule has 0 heterocycles. The molecule has 0 saturated carbocycles. The Bertz CT molecular complexity index is 960. The van der Waals surface area contributed by atoms with E-state index in [0.717, 1.165) is 75.5 Å². The van der Waals surface area contributed by atoms with Crippen LogP contribution in [0, 0.1) is 17.8 Å². The number of esters is 3. The smallest absolute Gasteiger partial charge is 0.306 e. The van der Waals surface area contributed by atoms with Gasteiger partial charge >= 0.3 is 17.9 Å². The van der Waals surface area contributed by atoms with Crippen LogP contribution in [-0.2, 0) is 28.6 Å². The molecule has 1 atom stereocenters. The maximum absolute atomic E-state index is 12.8. The van der Waals surface area contributed by atoms with Crippen LogP contribution in [0.1, 0.15) is 305 Å². The summed E-state index contributed by atoms with van der Waals surface area (Å²) >= 11 is 0.